The van der Waals surface area contributed by atoms with Crippen molar-refractivity contribution in [2.45, 2.75) is 31.2 Å². The number of anilines is 1. The van der Waals surface area contributed by atoms with Gasteiger partial charge < -0.3 is 9.84 Å². The van der Waals surface area contributed by atoms with E-state index in [0.717, 1.165) is 0 Å². The second-order valence-electron chi connectivity index (χ2n) is 6.71. The van der Waals surface area contributed by atoms with Crippen molar-refractivity contribution in [3.05, 3.63) is 71.9 Å². The van der Waals surface area contributed by atoms with Crippen LogP contribution < -0.4 is 10.0 Å². The molecule has 9 heteroatoms. The molecule has 0 bridgehead atoms. The smallest absolute Gasteiger partial charge is 0.261 e. The predicted molar refractivity (Wildman–Crippen MR) is 103 cm³/mol. The zero-order valence-electron chi connectivity index (χ0n) is 15.6. The van der Waals surface area contributed by atoms with Crippen LogP contribution in [0.3, 0.4) is 0 Å². The second-order valence-corrected chi connectivity index (χ2v) is 8.39. The van der Waals surface area contributed by atoms with E-state index in [4.69, 9.17) is 4.52 Å². The fourth-order valence-electron chi connectivity index (χ4n) is 2.47. The molecule has 0 radical (unpaired) electrons. The Morgan fingerprint density at radius 3 is 2.25 bits per heavy atom. The van der Waals surface area contributed by atoms with E-state index < -0.39 is 15.6 Å². The van der Waals surface area contributed by atoms with Crippen LogP contribution in [-0.2, 0) is 15.6 Å². The van der Waals surface area contributed by atoms with E-state index in [0.29, 0.717) is 23.0 Å². The zero-order chi connectivity index (χ0) is 20.4. The molecule has 0 aliphatic heterocycles. The fourth-order valence-corrected chi connectivity index (χ4v) is 3.55. The molecule has 3 aromatic rings. The van der Waals surface area contributed by atoms with Gasteiger partial charge in [-0.25, -0.2) is 8.42 Å². The molecule has 8 nitrogen and oxygen atoms in total. The Balaban J connectivity index is 1.71. The van der Waals surface area contributed by atoms with Crippen LogP contribution in [-0.4, -0.2) is 24.5 Å². The number of aromatic nitrogens is 2. The number of nitrogens with one attached hydrogen (secondary N) is 2. The standard InChI is InChI=1S/C19H20N4O4S/c1-13-20-18(22-27-13)19(2,3)21-17(24)14-9-11-15(12-10-14)23-28(25,26)16-7-5-4-6-8-16/h4-12,23H,1-3H3,(H,21,24). The number of sulfonamides is 1. The summed E-state index contributed by atoms with van der Waals surface area (Å²) in [5.41, 5.74) is -0.105. The Morgan fingerprint density at radius 2 is 1.68 bits per heavy atom. The van der Waals surface area contributed by atoms with Gasteiger partial charge >= 0.3 is 0 Å². The van der Waals surface area contributed by atoms with Crippen LogP contribution in [0, 0.1) is 6.92 Å². The van der Waals surface area contributed by atoms with Crippen molar-refractivity contribution >= 4 is 21.6 Å². The molecule has 0 aliphatic rings. The van der Waals surface area contributed by atoms with Gasteiger partial charge in [0.15, 0.2) is 5.82 Å². The van der Waals surface area contributed by atoms with E-state index >= 15 is 0 Å². The van der Waals surface area contributed by atoms with Crippen LogP contribution in [0.5, 0.6) is 0 Å². The van der Waals surface area contributed by atoms with Crippen LogP contribution in [0.4, 0.5) is 5.69 Å². The number of hydrogen-bond acceptors (Lipinski definition) is 6. The van der Waals surface area contributed by atoms with Crippen molar-refractivity contribution in [2.75, 3.05) is 4.72 Å². The number of hydrogen-bond donors (Lipinski definition) is 2. The molecule has 3 rings (SSSR count). The molecule has 2 aromatic carbocycles. The van der Waals surface area contributed by atoms with Crippen LogP contribution in [0.2, 0.25) is 0 Å². The molecule has 28 heavy (non-hydrogen) atoms. The Labute approximate surface area is 163 Å². The minimum atomic E-state index is -3.69. The summed E-state index contributed by atoms with van der Waals surface area (Å²) in [6.07, 6.45) is 0. The third-order valence-corrected chi connectivity index (χ3v) is 5.36. The van der Waals surface area contributed by atoms with Crippen molar-refractivity contribution in [1.82, 2.24) is 15.5 Å². The first-order valence-corrected chi connectivity index (χ1v) is 9.97. The number of aryl methyl sites for hydroxylation is 1. The van der Waals surface area contributed by atoms with E-state index in [9.17, 15) is 13.2 Å². The Bertz CT molecular complexity index is 1070. The van der Waals surface area contributed by atoms with Gasteiger partial charge in [0, 0.05) is 18.2 Å². The minimum Gasteiger partial charge on any atom is -0.340 e. The third-order valence-electron chi connectivity index (χ3n) is 3.97. The molecule has 1 aromatic heterocycles. The van der Waals surface area contributed by atoms with Gasteiger partial charge in [0.1, 0.15) is 0 Å². The van der Waals surface area contributed by atoms with Crippen molar-refractivity contribution in [3.8, 4) is 0 Å². The summed E-state index contributed by atoms with van der Waals surface area (Å²) >= 11 is 0. The maximum absolute atomic E-state index is 12.5. The van der Waals surface area contributed by atoms with Gasteiger partial charge in [-0.2, -0.15) is 4.98 Å². The van der Waals surface area contributed by atoms with Crippen LogP contribution in [0.1, 0.15) is 35.9 Å². The number of amides is 1. The topological polar surface area (TPSA) is 114 Å². The lowest BCUT2D eigenvalue weighted by molar-refractivity contribution is 0.0907. The highest BCUT2D eigenvalue weighted by Crippen LogP contribution is 2.19. The lowest BCUT2D eigenvalue weighted by Crippen LogP contribution is -2.41. The van der Waals surface area contributed by atoms with Gasteiger partial charge in [-0.15, -0.1) is 0 Å². The molecule has 0 unspecified atom stereocenters. The largest absolute Gasteiger partial charge is 0.340 e. The summed E-state index contributed by atoms with van der Waals surface area (Å²) in [4.78, 5) is 16.8. The molecule has 0 atom stereocenters. The normalized spacial score (nSPS) is 11.8. The number of rotatable bonds is 6. The first kappa shape index (κ1) is 19.6. The first-order chi connectivity index (χ1) is 13.2. The summed E-state index contributed by atoms with van der Waals surface area (Å²) in [5, 5.41) is 6.67. The number of nitrogens with zero attached hydrogens (tertiary/aromatic N) is 2. The number of carbonyl (C=O) groups is 1. The molecule has 0 spiro atoms. The lowest BCUT2D eigenvalue weighted by atomic mass is 10.0. The molecule has 1 heterocycles. The lowest BCUT2D eigenvalue weighted by Gasteiger charge is -2.22. The SMILES string of the molecule is Cc1nc(C(C)(C)NC(=O)c2ccc(NS(=O)(=O)c3ccccc3)cc2)no1. The molecule has 0 saturated heterocycles. The van der Waals surface area contributed by atoms with Crippen LogP contribution in [0.15, 0.2) is 64.0 Å². The molecule has 0 aliphatic carbocycles. The second kappa shape index (κ2) is 7.43. The first-order valence-electron chi connectivity index (χ1n) is 8.49. The van der Waals surface area contributed by atoms with Gasteiger partial charge in [-0.3, -0.25) is 9.52 Å². The summed E-state index contributed by atoms with van der Waals surface area (Å²) in [6, 6.07) is 14.2. The molecule has 0 saturated carbocycles. The highest BCUT2D eigenvalue weighted by atomic mass is 32.2. The van der Waals surface area contributed by atoms with E-state index in [1.165, 1.54) is 36.4 Å². The molecule has 0 fully saturated rings. The van der Waals surface area contributed by atoms with Crippen LogP contribution >= 0.6 is 0 Å². The molecule has 1 amide bonds. The quantitative estimate of drug-likeness (QED) is 0.658. The third kappa shape index (κ3) is 4.37. The van der Waals surface area contributed by atoms with E-state index in [-0.39, 0.29) is 10.8 Å². The molecule has 146 valence electrons. The fraction of sp³-hybridized carbons (Fsp3) is 0.211. The summed E-state index contributed by atoms with van der Waals surface area (Å²) in [7, 11) is -3.69. The number of benzene rings is 2. The summed E-state index contributed by atoms with van der Waals surface area (Å²) in [6.45, 7) is 5.19. The van der Waals surface area contributed by atoms with Crippen molar-refractivity contribution in [1.29, 1.82) is 0 Å². The van der Waals surface area contributed by atoms with Crippen molar-refractivity contribution in [2.24, 2.45) is 0 Å². The van der Waals surface area contributed by atoms with E-state index in [1.807, 2.05) is 0 Å². The Kier molecular flexibility index (Phi) is 5.19. The monoisotopic (exact) mass is 400 g/mol. The maximum atomic E-state index is 12.5. The minimum absolute atomic E-state index is 0.161. The van der Waals surface area contributed by atoms with Gasteiger partial charge in [-0.05, 0) is 50.2 Å². The Morgan fingerprint density at radius 1 is 1.04 bits per heavy atom. The van der Waals surface area contributed by atoms with Crippen molar-refractivity contribution in [3.63, 3.8) is 0 Å². The molecule has 2 N–H and O–H groups in total. The van der Waals surface area contributed by atoms with E-state index in [1.54, 1.807) is 39.0 Å². The molecular formula is C19H20N4O4S. The average Bonchev–Trinajstić information content (AvgIpc) is 3.10. The average molecular weight is 400 g/mol. The van der Waals surface area contributed by atoms with Crippen molar-refractivity contribution < 1.29 is 17.7 Å². The predicted octanol–water partition coefficient (Wildman–Crippen LogP) is 2.84. The van der Waals surface area contributed by atoms with Gasteiger partial charge in [0.2, 0.25) is 5.89 Å². The number of carbonyl (C=O) groups excluding carboxylic acids is 1. The highest BCUT2D eigenvalue weighted by Gasteiger charge is 2.28. The highest BCUT2D eigenvalue weighted by molar-refractivity contribution is 7.92. The zero-order valence-corrected chi connectivity index (χ0v) is 16.4. The summed E-state index contributed by atoms with van der Waals surface area (Å²) in [5.74, 6) is 0.433. The van der Waals surface area contributed by atoms with Gasteiger partial charge in [0.05, 0.1) is 10.4 Å². The maximum Gasteiger partial charge on any atom is 0.261 e. The van der Waals surface area contributed by atoms with Gasteiger partial charge in [0.25, 0.3) is 15.9 Å². The van der Waals surface area contributed by atoms with Gasteiger partial charge in [-0.1, -0.05) is 23.4 Å². The Hall–Kier alpha value is -3.20. The van der Waals surface area contributed by atoms with E-state index in [2.05, 4.69) is 20.2 Å². The molecular weight excluding hydrogens is 380 g/mol. The summed E-state index contributed by atoms with van der Waals surface area (Å²) < 4.78 is 32.2. The van der Waals surface area contributed by atoms with Crippen LogP contribution in [0.25, 0.3) is 0 Å².